The van der Waals surface area contributed by atoms with Crippen LogP contribution in [0.25, 0.3) is 15.9 Å². The molecule has 0 bridgehead atoms. The molecule has 0 radical (unpaired) electrons. The van der Waals surface area contributed by atoms with Gasteiger partial charge in [-0.05, 0) is 61.0 Å². The summed E-state index contributed by atoms with van der Waals surface area (Å²) in [6.45, 7) is 5.90. The molecule has 1 amide bonds. The van der Waals surface area contributed by atoms with Crippen molar-refractivity contribution >= 4 is 39.0 Å². The topological polar surface area (TPSA) is 111 Å². The second kappa shape index (κ2) is 7.31. The van der Waals surface area contributed by atoms with E-state index in [9.17, 15) is 4.79 Å². The van der Waals surface area contributed by atoms with E-state index in [4.69, 9.17) is 0 Å². The van der Waals surface area contributed by atoms with E-state index >= 15 is 0 Å². The number of anilines is 2. The van der Waals surface area contributed by atoms with E-state index < -0.39 is 6.04 Å². The number of carbonyl (C=O) groups is 1. The van der Waals surface area contributed by atoms with E-state index in [0.717, 1.165) is 21.5 Å². The van der Waals surface area contributed by atoms with Gasteiger partial charge in [-0.15, -0.1) is 16.4 Å². The van der Waals surface area contributed by atoms with Crippen molar-refractivity contribution in [1.29, 1.82) is 0 Å². The molecule has 10 heteroatoms. The van der Waals surface area contributed by atoms with Gasteiger partial charge in [0.15, 0.2) is 0 Å². The number of hydrogen-bond acceptors (Lipinski definition) is 8. The van der Waals surface area contributed by atoms with Crippen LogP contribution in [0.1, 0.15) is 17.4 Å². The van der Waals surface area contributed by atoms with Crippen LogP contribution in [0.2, 0.25) is 0 Å². The van der Waals surface area contributed by atoms with Crippen LogP contribution in [-0.2, 0) is 4.79 Å². The molecule has 142 valence electrons. The Morgan fingerprint density at radius 3 is 2.68 bits per heavy atom. The summed E-state index contributed by atoms with van der Waals surface area (Å²) in [6, 6.07) is 6.79. The summed E-state index contributed by atoms with van der Waals surface area (Å²) in [6.07, 6.45) is 3.03. The maximum atomic E-state index is 12.6. The first-order valence-corrected chi connectivity index (χ1v) is 9.46. The number of fused-ring (bicyclic) bond motifs is 1. The Balaban J connectivity index is 1.47. The Kier molecular flexibility index (Phi) is 4.70. The maximum absolute atomic E-state index is 12.6. The van der Waals surface area contributed by atoms with Crippen LogP contribution < -0.4 is 10.6 Å². The Bertz CT molecular complexity index is 1120. The highest BCUT2D eigenvalue weighted by Gasteiger charge is 2.17. The summed E-state index contributed by atoms with van der Waals surface area (Å²) in [5.74, 6) is 0.509. The van der Waals surface area contributed by atoms with E-state index in [1.807, 2.05) is 19.1 Å². The highest BCUT2D eigenvalue weighted by atomic mass is 32.1. The normalized spacial score (nSPS) is 12.1. The summed E-state index contributed by atoms with van der Waals surface area (Å²) >= 11 is 1.62. The second-order valence-electron chi connectivity index (χ2n) is 6.34. The number of aryl methyl sites for hydroxylation is 2. The summed E-state index contributed by atoms with van der Waals surface area (Å²) in [5, 5.41) is 18.1. The van der Waals surface area contributed by atoms with E-state index in [2.05, 4.69) is 43.1 Å². The molecule has 4 aromatic rings. The molecular formula is C18H18N8OS. The van der Waals surface area contributed by atoms with Gasteiger partial charge in [-0.1, -0.05) is 0 Å². The van der Waals surface area contributed by atoms with Crippen molar-refractivity contribution in [3.63, 3.8) is 0 Å². The molecule has 0 fully saturated rings. The average molecular weight is 394 g/mol. The number of nitrogens with zero attached hydrogens (tertiary/aromatic N) is 6. The molecule has 1 aromatic carbocycles. The number of rotatable bonds is 5. The minimum absolute atomic E-state index is 0.161. The van der Waals surface area contributed by atoms with Crippen molar-refractivity contribution in [1.82, 2.24) is 30.2 Å². The second-order valence-corrected chi connectivity index (χ2v) is 7.55. The lowest BCUT2D eigenvalue weighted by molar-refractivity contribution is -0.116. The van der Waals surface area contributed by atoms with E-state index in [1.54, 1.807) is 35.1 Å². The third-order valence-electron chi connectivity index (χ3n) is 4.46. The van der Waals surface area contributed by atoms with E-state index in [1.165, 1.54) is 17.5 Å². The van der Waals surface area contributed by atoms with Gasteiger partial charge in [0.1, 0.15) is 29.3 Å². The van der Waals surface area contributed by atoms with Crippen molar-refractivity contribution in [2.45, 2.75) is 26.8 Å². The fraction of sp³-hybridized carbons (Fsp3) is 0.222. The van der Waals surface area contributed by atoms with Crippen LogP contribution >= 0.6 is 11.3 Å². The molecule has 3 heterocycles. The molecule has 0 aliphatic heterocycles. The highest BCUT2D eigenvalue weighted by molar-refractivity contribution is 7.18. The largest absolute Gasteiger partial charge is 0.358 e. The lowest BCUT2D eigenvalue weighted by atomic mass is 10.2. The van der Waals surface area contributed by atoms with Crippen LogP contribution in [-0.4, -0.2) is 42.1 Å². The van der Waals surface area contributed by atoms with Crippen molar-refractivity contribution < 1.29 is 4.79 Å². The Morgan fingerprint density at radius 2 is 1.96 bits per heavy atom. The molecule has 0 saturated carbocycles. The summed E-state index contributed by atoms with van der Waals surface area (Å²) < 4.78 is 1.54. The number of amides is 1. The smallest absolute Gasteiger partial charge is 0.246 e. The van der Waals surface area contributed by atoms with Crippen LogP contribution in [0.15, 0.2) is 36.9 Å². The van der Waals surface area contributed by atoms with Gasteiger partial charge < -0.3 is 10.6 Å². The SMILES string of the molecule is Cc1sc2ncnc(NC(C)C(=O)Nc3ccc(-n4cnnn4)cc3)c2c1C. The van der Waals surface area contributed by atoms with Crippen LogP contribution in [0, 0.1) is 13.8 Å². The minimum atomic E-state index is -0.475. The average Bonchev–Trinajstić information content (AvgIpc) is 3.32. The van der Waals surface area contributed by atoms with Crippen LogP contribution in [0.5, 0.6) is 0 Å². The van der Waals surface area contributed by atoms with Gasteiger partial charge in [0.05, 0.1) is 11.1 Å². The fourth-order valence-electron chi connectivity index (χ4n) is 2.79. The van der Waals surface area contributed by atoms with Crippen molar-refractivity contribution in [3.8, 4) is 5.69 Å². The zero-order chi connectivity index (χ0) is 19.7. The summed E-state index contributed by atoms with van der Waals surface area (Å²) in [5.41, 5.74) is 2.63. The van der Waals surface area contributed by atoms with E-state index in [-0.39, 0.29) is 5.91 Å². The number of nitrogens with one attached hydrogen (secondary N) is 2. The molecular weight excluding hydrogens is 376 g/mol. The number of thiophene rings is 1. The highest BCUT2D eigenvalue weighted by Crippen LogP contribution is 2.32. The first-order chi connectivity index (χ1) is 13.5. The lowest BCUT2D eigenvalue weighted by Gasteiger charge is -2.15. The Labute approximate surface area is 164 Å². The molecule has 1 atom stereocenters. The van der Waals surface area contributed by atoms with Gasteiger partial charge in [0.25, 0.3) is 0 Å². The molecule has 0 aliphatic carbocycles. The van der Waals surface area contributed by atoms with Crippen molar-refractivity contribution in [2.24, 2.45) is 0 Å². The molecule has 0 saturated heterocycles. The molecule has 28 heavy (non-hydrogen) atoms. The monoisotopic (exact) mass is 394 g/mol. The number of benzene rings is 1. The number of tetrazole rings is 1. The summed E-state index contributed by atoms with van der Waals surface area (Å²) in [4.78, 5) is 23.4. The van der Waals surface area contributed by atoms with Gasteiger partial charge in [-0.2, -0.15) is 0 Å². The molecule has 0 aliphatic rings. The first kappa shape index (κ1) is 18.0. The number of carbonyl (C=O) groups excluding carboxylic acids is 1. The lowest BCUT2D eigenvalue weighted by Crippen LogP contribution is -2.32. The van der Waals surface area contributed by atoms with E-state index in [0.29, 0.717) is 11.5 Å². The van der Waals surface area contributed by atoms with Gasteiger partial charge in [0.2, 0.25) is 5.91 Å². The standard InChI is InChI=1S/C18H18N8OS/c1-10-12(3)28-18-15(10)16(19-8-20-18)22-11(2)17(27)23-13-4-6-14(7-5-13)26-9-21-24-25-26/h4-9,11H,1-3H3,(H,23,27)(H,19,20,22). The third-order valence-corrected chi connectivity index (χ3v) is 5.58. The molecule has 4 rings (SSSR count). The molecule has 2 N–H and O–H groups in total. The third kappa shape index (κ3) is 3.41. The predicted molar refractivity (Wildman–Crippen MR) is 108 cm³/mol. The Hall–Kier alpha value is -3.40. The number of aromatic nitrogens is 6. The van der Waals surface area contributed by atoms with Crippen molar-refractivity contribution in [2.75, 3.05) is 10.6 Å². The minimum Gasteiger partial charge on any atom is -0.358 e. The van der Waals surface area contributed by atoms with Crippen LogP contribution in [0.3, 0.4) is 0 Å². The first-order valence-electron chi connectivity index (χ1n) is 8.64. The van der Waals surface area contributed by atoms with Gasteiger partial charge in [-0.3, -0.25) is 4.79 Å². The zero-order valence-electron chi connectivity index (χ0n) is 15.5. The number of hydrogen-bond donors (Lipinski definition) is 2. The Morgan fingerprint density at radius 1 is 1.18 bits per heavy atom. The molecule has 3 aromatic heterocycles. The van der Waals surface area contributed by atoms with Crippen molar-refractivity contribution in [3.05, 3.63) is 47.4 Å². The molecule has 9 nitrogen and oxygen atoms in total. The van der Waals surface area contributed by atoms with Crippen LogP contribution in [0.4, 0.5) is 11.5 Å². The fourth-order valence-corrected chi connectivity index (χ4v) is 3.79. The van der Waals surface area contributed by atoms with Gasteiger partial charge in [0, 0.05) is 10.6 Å². The zero-order valence-corrected chi connectivity index (χ0v) is 16.4. The molecule has 1 unspecified atom stereocenters. The molecule has 0 spiro atoms. The van der Waals surface area contributed by atoms with Gasteiger partial charge >= 0.3 is 0 Å². The predicted octanol–water partition coefficient (Wildman–Crippen LogP) is 2.72. The van der Waals surface area contributed by atoms with Gasteiger partial charge in [-0.25, -0.2) is 14.6 Å². The summed E-state index contributed by atoms with van der Waals surface area (Å²) in [7, 11) is 0. The quantitative estimate of drug-likeness (QED) is 0.535. The maximum Gasteiger partial charge on any atom is 0.246 e.